The molecular weight excluding hydrogens is 521 g/mol. The maximum absolute atomic E-state index is 15.2. The Balaban J connectivity index is 1.84. The third-order valence-corrected chi connectivity index (χ3v) is 6.30. The molecule has 0 N–H and O–H groups in total. The first-order chi connectivity index (χ1) is 16.6. The second kappa shape index (κ2) is 11.4. The number of carbonyl (C=O) groups is 2. The molecule has 0 bridgehead atoms. The number of halogens is 2. The molecule has 8 nitrogen and oxygen atoms in total. The average molecular weight is 554 g/mol. The number of rotatable bonds is 7. The summed E-state index contributed by atoms with van der Waals surface area (Å²) < 4.78 is 27.6. The van der Waals surface area contributed by atoms with E-state index in [-0.39, 0.29) is 23.6 Å². The monoisotopic (exact) mass is 553 g/mol. The van der Waals surface area contributed by atoms with Crippen LogP contribution in [0.25, 0.3) is 10.9 Å². The summed E-state index contributed by atoms with van der Waals surface area (Å²) in [5.74, 6) is -1.25. The van der Waals surface area contributed by atoms with Crippen molar-refractivity contribution in [2.75, 3.05) is 43.0 Å². The van der Waals surface area contributed by atoms with E-state index >= 15 is 4.39 Å². The molecule has 1 aromatic carbocycles. The minimum absolute atomic E-state index is 0.101. The van der Waals surface area contributed by atoms with Crippen molar-refractivity contribution in [1.82, 2.24) is 9.47 Å². The molecule has 2 aromatic rings. The number of anilines is 1. The molecule has 1 fully saturated rings. The van der Waals surface area contributed by atoms with Gasteiger partial charge in [-0.1, -0.05) is 15.9 Å². The molecule has 0 atom stereocenters. The average Bonchev–Trinajstić information content (AvgIpc) is 2.81. The van der Waals surface area contributed by atoms with Gasteiger partial charge in [0.25, 0.3) is 0 Å². The van der Waals surface area contributed by atoms with E-state index < -0.39 is 22.8 Å². The molecule has 0 unspecified atom stereocenters. The van der Waals surface area contributed by atoms with Crippen molar-refractivity contribution in [1.29, 1.82) is 0 Å². The van der Waals surface area contributed by atoms with Crippen molar-refractivity contribution in [2.45, 2.75) is 52.7 Å². The van der Waals surface area contributed by atoms with Crippen molar-refractivity contribution in [3.8, 4) is 0 Å². The highest BCUT2D eigenvalue weighted by molar-refractivity contribution is 9.09. The lowest BCUT2D eigenvalue weighted by molar-refractivity contribution is 0.0240. The number of hydrogen-bond donors (Lipinski definition) is 0. The number of pyridine rings is 1. The molecule has 1 saturated heterocycles. The van der Waals surface area contributed by atoms with Gasteiger partial charge in [0.1, 0.15) is 17.0 Å². The molecule has 0 spiro atoms. The van der Waals surface area contributed by atoms with Gasteiger partial charge in [0.05, 0.1) is 17.8 Å². The topological polar surface area (TPSA) is 81.1 Å². The van der Waals surface area contributed by atoms with Gasteiger partial charge in [-0.05, 0) is 52.7 Å². The van der Waals surface area contributed by atoms with Gasteiger partial charge in [0, 0.05) is 49.6 Å². The summed E-state index contributed by atoms with van der Waals surface area (Å²) in [6.07, 6.45) is 2.64. The maximum atomic E-state index is 15.2. The summed E-state index contributed by atoms with van der Waals surface area (Å²) in [5, 5.41) is 0.941. The third kappa shape index (κ3) is 6.54. The van der Waals surface area contributed by atoms with E-state index in [0.717, 1.165) is 11.8 Å². The van der Waals surface area contributed by atoms with Crippen LogP contribution in [0.1, 0.15) is 50.9 Å². The number of esters is 1. The van der Waals surface area contributed by atoms with Gasteiger partial charge in [-0.2, -0.15) is 0 Å². The number of aromatic nitrogens is 1. The molecular formula is C25H33BrFN3O5. The predicted octanol–water partition coefficient (Wildman–Crippen LogP) is 4.55. The molecule has 0 saturated carbocycles. The van der Waals surface area contributed by atoms with E-state index in [1.807, 2.05) is 32.6 Å². The standard InChI is InChI=1S/C25H33BrFN3O5/c1-5-28-16-18(23(32)34-13-7-6-8-26)22(31)17-14-19(27)21(15-20(17)28)29-9-11-30(12-10-29)24(33)35-25(2,3)4/h14-16H,5-13H2,1-4H3. The Bertz CT molecular complexity index is 1140. The van der Waals surface area contributed by atoms with Gasteiger partial charge in [-0.25, -0.2) is 14.0 Å². The minimum atomic E-state index is -0.698. The summed E-state index contributed by atoms with van der Waals surface area (Å²) in [5.41, 5.74) is -0.333. The second-order valence-corrected chi connectivity index (χ2v) is 10.3. The Morgan fingerprint density at radius 2 is 1.80 bits per heavy atom. The number of unbranched alkanes of at least 4 members (excludes halogenated alkanes) is 1. The first-order valence-electron chi connectivity index (χ1n) is 11.9. The van der Waals surface area contributed by atoms with Crippen LogP contribution in [0.15, 0.2) is 23.1 Å². The quantitative estimate of drug-likeness (QED) is 0.284. The van der Waals surface area contributed by atoms with Crippen LogP contribution >= 0.6 is 15.9 Å². The second-order valence-electron chi connectivity index (χ2n) is 9.47. The summed E-state index contributed by atoms with van der Waals surface area (Å²) in [6.45, 7) is 9.68. The van der Waals surface area contributed by atoms with Crippen LogP contribution in [0.4, 0.5) is 14.9 Å². The molecule has 1 aliphatic rings. The zero-order valence-corrected chi connectivity index (χ0v) is 22.3. The first-order valence-corrected chi connectivity index (χ1v) is 13.0. The number of aryl methyl sites for hydroxylation is 1. The fourth-order valence-electron chi connectivity index (χ4n) is 3.94. The Labute approximate surface area is 213 Å². The van der Waals surface area contributed by atoms with E-state index in [2.05, 4.69) is 15.9 Å². The summed E-state index contributed by atoms with van der Waals surface area (Å²) in [4.78, 5) is 41.4. The van der Waals surface area contributed by atoms with Gasteiger partial charge in [0.15, 0.2) is 0 Å². The fraction of sp³-hybridized carbons (Fsp3) is 0.560. The number of alkyl halides is 1. The van der Waals surface area contributed by atoms with Crippen LogP contribution in [-0.2, 0) is 16.0 Å². The molecule has 0 aliphatic carbocycles. The molecule has 3 rings (SSSR count). The van der Waals surface area contributed by atoms with Gasteiger partial charge >= 0.3 is 12.1 Å². The smallest absolute Gasteiger partial charge is 0.410 e. The lowest BCUT2D eigenvalue weighted by atomic mass is 10.1. The van der Waals surface area contributed by atoms with Gasteiger partial charge in [-0.3, -0.25) is 4.79 Å². The zero-order valence-electron chi connectivity index (χ0n) is 20.7. The van der Waals surface area contributed by atoms with Crippen LogP contribution in [0, 0.1) is 5.82 Å². The van der Waals surface area contributed by atoms with E-state index in [1.165, 1.54) is 12.3 Å². The number of amides is 1. The normalized spacial score (nSPS) is 14.3. The maximum Gasteiger partial charge on any atom is 0.410 e. The lowest BCUT2D eigenvalue weighted by Gasteiger charge is -2.37. The van der Waals surface area contributed by atoms with Crippen LogP contribution in [-0.4, -0.2) is 65.2 Å². The molecule has 10 heteroatoms. The Kier molecular flexibility index (Phi) is 8.79. The Morgan fingerprint density at radius 1 is 1.11 bits per heavy atom. The Morgan fingerprint density at radius 3 is 2.40 bits per heavy atom. The summed E-state index contributed by atoms with van der Waals surface area (Å²) in [6, 6.07) is 2.84. The summed E-state index contributed by atoms with van der Waals surface area (Å²) >= 11 is 3.32. The number of piperazine rings is 1. The molecule has 35 heavy (non-hydrogen) atoms. The SMILES string of the molecule is CCn1cc(C(=O)OCCCCBr)c(=O)c2cc(F)c(N3CCN(C(=O)OC(C)(C)C)CC3)cc21. The zero-order chi connectivity index (χ0) is 25.8. The molecule has 1 aromatic heterocycles. The van der Waals surface area contributed by atoms with Gasteiger partial charge in [0.2, 0.25) is 5.43 Å². The number of nitrogens with zero attached hydrogens (tertiary/aromatic N) is 3. The van der Waals surface area contributed by atoms with Crippen LogP contribution in [0.3, 0.4) is 0 Å². The van der Waals surface area contributed by atoms with Crippen molar-refractivity contribution >= 4 is 44.6 Å². The van der Waals surface area contributed by atoms with Crippen molar-refractivity contribution in [3.05, 3.63) is 39.9 Å². The van der Waals surface area contributed by atoms with E-state index in [0.29, 0.717) is 50.3 Å². The van der Waals surface area contributed by atoms with E-state index in [9.17, 15) is 14.4 Å². The molecule has 2 heterocycles. The fourth-order valence-corrected chi connectivity index (χ4v) is 4.34. The summed E-state index contributed by atoms with van der Waals surface area (Å²) in [7, 11) is 0. The van der Waals surface area contributed by atoms with Crippen molar-refractivity contribution in [3.63, 3.8) is 0 Å². The van der Waals surface area contributed by atoms with E-state index in [4.69, 9.17) is 9.47 Å². The van der Waals surface area contributed by atoms with Crippen molar-refractivity contribution in [2.24, 2.45) is 0 Å². The molecule has 1 aliphatic heterocycles. The highest BCUT2D eigenvalue weighted by atomic mass is 79.9. The van der Waals surface area contributed by atoms with Crippen LogP contribution in [0.5, 0.6) is 0 Å². The van der Waals surface area contributed by atoms with Crippen molar-refractivity contribution < 1.29 is 23.5 Å². The largest absolute Gasteiger partial charge is 0.462 e. The van der Waals surface area contributed by atoms with E-state index in [1.54, 1.807) is 15.5 Å². The van der Waals surface area contributed by atoms with Gasteiger partial charge < -0.3 is 23.8 Å². The number of ether oxygens (including phenoxy) is 2. The number of hydrogen-bond acceptors (Lipinski definition) is 6. The number of benzene rings is 1. The minimum Gasteiger partial charge on any atom is -0.462 e. The molecule has 0 radical (unpaired) electrons. The van der Waals surface area contributed by atoms with Crippen LogP contribution < -0.4 is 10.3 Å². The molecule has 1 amide bonds. The highest BCUT2D eigenvalue weighted by Crippen LogP contribution is 2.27. The number of fused-ring (bicyclic) bond motifs is 1. The highest BCUT2D eigenvalue weighted by Gasteiger charge is 2.27. The third-order valence-electron chi connectivity index (χ3n) is 5.74. The van der Waals surface area contributed by atoms with Gasteiger partial charge in [-0.15, -0.1) is 0 Å². The predicted molar refractivity (Wildman–Crippen MR) is 137 cm³/mol. The first kappa shape index (κ1) is 27.0. The molecule has 192 valence electrons. The van der Waals surface area contributed by atoms with Crippen LogP contribution in [0.2, 0.25) is 0 Å². The number of carbonyl (C=O) groups excluding carboxylic acids is 2. The lowest BCUT2D eigenvalue weighted by Crippen LogP contribution is -2.50. The Hall–Kier alpha value is -2.62.